The molecule has 18 heavy (non-hydrogen) atoms. The van der Waals surface area contributed by atoms with Gasteiger partial charge in [-0.05, 0) is 24.1 Å². The van der Waals surface area contributed by atoms with E-state index >= 15 is 0 Å². The monoisotopic (exact) mass is 252 g/mol. The Labute approximate surface area is 105 Å². The van der Waals surface area contributed by atoms with Crippen LogP contribution in [0.5, 0.6) is 0 Å². The first-order valence-corrected chi connectivity index (χ1v) is 6.00. The lowest BCUT2D eigenvalue weighted by Gasteiger charge is -2.34. The molecule has 2 unspecified atom stereocenters. The molecule has 98 valence electrons. The summed E-state index contributed by atoms with van der Waals surface area (Å²) in [5.41, 5.74) is 6.70. The Morgan fingerprint density at radius 3 is 2.94 bits per heavy atom. The van der Waals surface area contributed by atoms with Crippen molar-refractivity contribution in [1.29, 1.82) is 0 Å². The number of aliphatic carboxylic acids is 1. The average molecular weight is 252 g/mol. The summed E-state index contributed by atoms with van der Waals surface area (Å²) >= 11 is 0. The summed E-state index contributed by atoms with van der Waals surface area (Å²) in [4.78, 5) is 13.0. The highest BCUT2D eigenvalue weighted by atomic mass is 19.1. The third kappa shape index (κ3) is 3.27. The number of rotatable bonds is 3. The summed E-state index contributed by atoms with van der Waals surface area (Å²) in [7, 11) is 0. The van der Waals surface area contributed by atoms with Crippen LogP contribution in [0.2, 0.25) is 0 Å². The summed E-state index contributed by atoms with van der Waals surface area (Å²) in [6.07, 6.45) is 0.509. The van der Waals surface area contributed by atoms with Gasteiger partial charge in [0.25, 0.3) is 0 Å². The summed E-state index contributed by atoms with van der Waals surface area (Å²) in [6, 6.07) is 6.22. The van der Waals surface area contributed by atoms with Gasteiger partial charge >= 0.3 is 5.97 Å². The molecular formula is C13H17FN2O2. The predicted octanol–water partition coefficient (Wildman–Crippen LogP) is 1.06. The number of nitrogens with two attached hydrogens (primary N) is 1. The van der Waals surface area contributed by atoms with Gasteiger partial charge in [0, 0.05) is 25.7 Å². The Morgan fingerprint density at radius 2 is 2.28 bits per heavy atom. The van der Waals surface area contributed by atoms with Crippen molar-refractivity contribution < 1.29 is 14.3 Å². The molecule has 1 aliphatic heterocycles. The third-order valence-electron chi connectivity index (χ3n) is 3.20. The van der Waals surface area contributed by atoms with E-state index in [2.05, 4.69) is 0 Å². The molecule has 0 bridgehead atoms. The molecule has 1 aromatic carbocycles. The highest BCUT2D eigenvalue weighted by Crippen LogP contribution is 2.18. The minimum absolute atomic E-state index is 0.131. The molecule has 1 saturated heterocycles. The highest BCUT2D eigenvalue weighted by Gasteiger charge is 2.29. The van der Waals surface area contributed by atoms with Crippen LogP contribution in [0.15, 0.2) is 24.3 Å². The number of halogens is 1. The zero-order chi connectivity index (χ0) is 13.1. The van der Waals surface area contributed by atoms with Crippen molar-refractivity contribution in [2.45, 2.75) is 19.0 Å². The molecule has 1 fully saturated rings. The van der Waals surface area contributed by atoms with Gasteiger partial charge in [-0.25, -0.2) is 4.39 Å². The maximum Gasteiger partial charge on any atom is 0.307 e. The molecule has 0 aliphatic carbocycles. The average Bonchev–Trinajstić information content (AvgIpc) is 2.28. The van der Waals surface area contributed by atoms with E-state index in [1.807, 2.05) is 11.0 Å². The molecule has 0 spiro atoms. The fourth-order valence-corrected chi connectivity index (χ4v) is 2.43. The second-order valence-electron chi connectivity index (χ2n) is 4.85. The van der Waals surface area contributed by atoms with Crippen molar-refractivity contribution in [1.82, 2.24) is 4.90 Å². The Kier molecular flexibility index (Phi) is 3.93. The zero-order valence-electron chi connectivity index (χ0n) is 10.1. The van der Waals surface area contributed by atoms with Crippen LogP contribution >= 0.6 is 0 Å². The van der Waals surface area contributed by atoms with E-state index < -0.39 is 11.9 Å². The first kappa shape index (κ1) is 13.0. The molecule has 2 atom stereocenters. The number of nitrogens with zero attached hydrogens (tertiary/aromatic N) is 1. The molecule has 5 heteroatoms. The summed E-state index contributed by atoms with van der Waals surface area (Å²) in [5.74, 6) is -1.51. The lowest BCUT2D eigenvalue weighted by atomic mass is 9.94. The van der Waals surface area contributed by atoms with Gasteiger partial charge in [-0.15, -0.1) is 0 Å². The van der Waals surface area contributed by atoms with E-state index in [0.29, 0.717) is 26.1 Å². The molecule has 0 amide bonds. The molecule has 0 aromatic heterocycles. The van der Waals surface area contributed by atoms with Gasteiger partial charge in [0.05, 0.1) is 5.92 Å². The minimum Gasteiger partial charge on any atom is -0.481 e. The first-order valence-electron chi connectivity index (χ1n) is 6.00. The van der Waals surface area contributed by atoms with Gasteiger partial charge in [-0.3, -0.25) is 9.69 Å². The van der Waals surface area contributed by atoms with Crippen LogP contribution in [0.25, 0.3) is 0 Å². The van der Waals surface area contributed by atoms with E-state index in [0.717, 1.165) is 5.56 Å². The number of hydrogen-bond donors (Lipinski definition) is 2. The number of carboxylic acids is 1. The number of hydrogen-bond acceptors (Lipinski definition) is 3. The van der Waals surface area contributed by atoms with Gasteiger partial charge in [-0.2, -0.15) is 0 Å². The van der Waals surface area contributed by atoms with Crippen LogP contribution in [0.1, 0.15) is 12.0 Å². The van der Waals surface area contributed by atoms with Crippen LogP contribution in [0.4, 0.5) is 4.39 Å². The zero-order valence-corrected chi connectivity index (χ0v) is 10.1. The molecule has 1 aromatic rings. The molecule has 1 heterocycles. The van der Waals surface area contributed by atoms with Gasteiger partial charge in [-0.1, -0.05) is 12.1 Å². The van der Waals surface area contributed by atoms with Crippen LogP contribution in [-0.4, -0.2) is 35.1 Å². The third-order valence-corrected chi connectivity index (χ3v) is 3.20. The van der Waals surface area contributed by atoms with Crippen LogP contribution < -0.4 is 5.73 Å². The molecule has 3 N–H and O–H groups in total. The smallest absolute Gasteiger partial charge is 0.307 e. The lowest BCUT2D eigenvalue weighted by Crippen LogP contribution is -2.48. The van der Waals surface area contributed by atoms with E-state index in [4.69, 9.17) is 10.8 Å². The molecule has 1 aliphatic rings. The van der Waals surface area contributed by atoms with Gasteiger partial charge < -0.3 is 10.8 Å². The normalized spacial score (nSPS) is 25.0. The minimum atomic E-state index is -0.811. The lowest BCUT2D eigenvalue weighted by molar-refractivity contribution is -0.144. The van der Waals surface area contributed by atoms with Crippen molar-refractivity contribution in [2.24, 2.45) is 11.7 Å². The topological polar surface area (TPSA) is 66.6 Å². The number of benzene rings is 1. The Bertz CT molecular complexity index is 439. The molecule has 4 nitrogen and oxygen atoms in total. The largest absolute Gasteiger partial charge is 0.481 e. The fourth-order valence-electron chi connectivity index (χ4n) is 2.43. The van der Waals surface area contributed by atoms with E-state index in [1.165, 1.54) is 12.1 Å². The molecule has 2 rings (SSSR count). The molecule has 0 radical (unpaired) electrons. The highest BCUT2D eigenvalue weighted by molar-refractivity contribution is 5.70. The summed E-state index contributed by atoms with van der Waals surface area (Å²) in [6.45, 7) is 1.66. The van der Waals surface area contributed by atoms with Gasteiger partial charge in [0.1, 0.15) is 5.82 Å². The number of carbonyl (C=O) groups is 1. The van der Waals surface area contributed by atoms with Crippen LogP contribution in [0.3, 0.4) is 0 Å². The number of carboxylic acid groups (broad SMARTS) is 1. The Morgan fingerprint density at radius 1 is 1.50 bits per heavy atom. The number of piperidine rings is 1. The van der Waals surface area contributed by atoms with Crippen molar-refractivity contribution in [3.8, 4) is 0 Å². The Hall–Kier alpha value is -1.46. The second kappa shape index (κ2) is 5.46. The van der Waals surface area contributed by atoms with Crippen molar-refractivity contribution >= 4 is 5.97 Å². The van der Waals surface area contributed by atoms with E-state index in [1.54, 1.807) is 6.07 Å². The Balaban J connectivity index is 2.02. The van der Waals surface area contributed by atoms with Crippen LogP contribution in [0, 0.1) is 11.7 Å². The van der Waals surface area contributed by atoms with Crippen molar-refractivity contribution in [3.05, 3.63) is 35.6 Å². The quantitative estimate of drug-likeness (QED) is 0.844. The van der Waals surface area contributed by atoms with Crippen LogP contribution in [-0.2, 0) is 11.3 Å². The van der Waals surface area contributed by atoms with E-state index in [9.17, 15) is 9.18 Å². The van der Waals surface area contributed by atoms with Gasteiger partial charge in [0.15, 0.2) is 0 Å². The van der Waals surface area contributed by atoms with Crippen molar-refractivity contribution in [2.75, 3.05) is 13.1 Å². The summed E-state index contributed by atoms with van der Waals surface area (Å²) in [5, 5.41) is 9.04. The SMILES string of the molecule is NC1CC(C(=O)O)CN(Cc2cccc(F)c2)C1. The van der Waals surface area contributed by atoms with E-state index in [-0.39, 0.29) is 11.9 Å². The first-order chi connectivity index (χ1) is 8.54. The maximum atomic E-state index is 13.1. The molecular weight excluding hydrogens is 235 g/mol. The predicted molar refractivity (Wildman–Crippen MR) is 65.4 cm³/mol. The number of likely N-dealkylation sites (tertiary alicyclic amines) is 1. The summed E-state index contributed by atoms with van der Waals surface area (Å²) < 4.78 is 13.1. The second-order valence-corrected chi connectivity index (χ2v) is 4.85. The molecule has 0 saturated carbocycles. The van der Waals surface area contributed by atoms with Gasteiger partial charge in [0.2, 0.25) is 0 Å². The fraction of sp³-hybridized carbons (Fsp3) is 0.462. The maximum absolute atomic E-state index is 13.1. The standard InChI is InChI=1S/C13H17FN2O2/c14-11-3-1-2-9(4-11)6-16-7-10(13(17)18)5-12(15)8-16/h1-4,10,12H,5-8,15H2,(H,17,18). The van der Waals surface area contributed by atoms with Crippen molar-refractivity contribution in [3.63, 3.8) is 0 Å².